The number of rotatable bonds is 5. The van der Waals surface area contributed by atoms with Crippen LogP contribution in [0.1, 0.15) is 8.56 Å². The number of carboxylic acid groups (broad SMARTS) is 2. The molecule has 4 unspecified atom stereocenters. The second kappa shape index (κ2) is 13.5. The normalized spacial score (nSPS) is 16.0. The van der Waals surface area contributed by atoms with Crippen molar-refractivity contribution >= 4 is 125 Å². The summed E-state index contributed by atoms with van der Waals surface area (Å²) in [4.78, 5) is 20.2. The van der Waals surface area contributed by atoms with Crippen LogP contribution in [-0.2, 0) is 9.59 Å². The summed E-state index contributed by atoms with van der Waals surface area (Å²) in [5, 5.41) is 51.5. The third kappa shape index (κ3) is 10.00. The molecule has 94 valence electrons. The smallest absolute Gasteiger partial charge is 1.00 e. The molecule has 17 heavy (non-hydrogen) atoms. The summed E-state index contributed by atoms with van der Waals surface area (Å²) in [6.07, 6.45) is -9.28. The van der Waals surface area contributed by atoms with E-state index in [4.69, 9.17) is 30.6 Å². The number of carbonyl (C=O) groups is 2. The third-order valence-corrected chi connectivity index (χ3v) is 1.50. The SMILES string of the molecule is O=C(O)C(O)C(O)C(O)C(O)C(=O)O.[Ca+2].[Ca+2].[Ca+2].[H-].[H-].[H-].[H-].[H-].[H-]. The second-order valence-electron chi connectivity index (χ2n) is 2.55. The van der Waals surface area contributed by atoms with Crippen LogP contribution < -0.4 is 0 Å². The first kappa shape index (κ1) is 27.8. The fourth-order valence-electron chi connectivity index (χ4n) is 0.666. The van der Waals surface area contributed by atoms with Crippen molar-refractivity contribution in [2.45, 2.75) is 24.4 Å². The Morgan fingerprint density at radius 1 is 0.706 bits per heavy atom. The van der Waals surface area contributed by atoms with Gasteiger partial charge in [-0.1, -0.05) is 0 Å². The molecule has 0 fully saturated rings. The van der Waals surface area contributed by atoms with E-state index in [0.29, 0.717) is 0 Å². The molecule has 0 aliphatic carbocycles. The van der Waals surface area contributed by atoms with Crippen LogP contribution in [0.3, 0.4) is 0 Å². The number of aliphatic carboxylic acids is 2. The van der Waals surface area contributed by atoms with Gasteiger partial charge in [0.05, 0.1) is 0 Å². The molecule has 0 spiro atoms. The van der Waals surface area contributed by atoms with Crippen molar-refractivity contribution in [3.63, 3.8) is 0 Å². The molecule has 0 saturated carbocycles. The quantitative estimate of drug-likeness (QED) is 0.279. The first-order valence-electron chi connectivity index (χ1n) is 3.47. The molecule has 0 amide bonds. The second-order valence-corrected chi connectivity index (χ2v) is 2.55. The van der Waals surface area contributed by atoms with Gasteiger partial charge in [-0.25, -0.2) is 9.59 Å². The van der Waals surface area contributed by atoms with E-state index >= 15 is 0 Å². The minimum Gasteiger partial charge on any atom is -1.00 e. The first-order valence-corrected chi connectivity index (χ1v) is 3.47. The van der Waals surface area contributed by atoms with Gasteiger partial charge < -0.3 is 39.2 Å². The van der Waals surface area contributed by atoms with Gasteiger partial charge in [0.1, 0.15) is 12.2 Å². The number of aliphatic hydroxyl groups excluding tert-OH is 4. The Hall–Kier alpha value is 2.56. The first-order chi connectivity index (χ1) is 6.29. The summed E-state index contributed by atoms with van der Waals surface area (Å²) >= 11 is 0. The van der Waals surface area contributed by atoms with Gasteiger partial charge in [0.2, 0.25) is 0 Å². The van der Waals surface area contributed by atoms with Crippen molar-refractivity contribution in [1.29, 1.82) is 0 Å². The van der Waals surface area contributed by atoms with Crippen molar-refractivity contribution in [2.24, 2.45) is 0 Å². The standard InChI is InChI=1S/C6H10O8.3Ca.6H/c7-1(3(9)5(11)12)2(8)4(10)6(13)14;;;;;;;;;/h1-4,7-10H,(H,11,12)(H,13,14);;;;;;;;;/q;3*+2;6*-1. The van der Waals surface area contributed by atoms with E-state index in [-0.39, 0.29) is 122 Å². The number of carboxylic acids is 2. The van der Waals surface area contributed by atoms with Crippen LogP contribution >= 0.6 is 0 Å². The van der Waals surface area contributed by atoms with Crippen LogP contribution in [0.5, 0.6) is 0 Å². The summed E-state index contributed by atoms with van der Waals surface area (Å²) in [5.74, 6) is -3.68. The summed E-state index contributed by atoms with van der Waals surface area (Å²) in [6, 6.07) is 0. The van der Waals surface area contributed by atoms with Crippen molar-refractivity contribution in [3.05, 3.63) is 0 Å². The van der Waals surface area contributed by atoms with E-state index in [9.17, 15) is 9.59 Å². The van der Waals surface area contributed by atoms with Crippen molar-refractivity contribution < 1.29 is 48.8 Å². The van der Waals surface area contributed by atoms with Crippen molar-refractivity contribution in [3.8, 4) is 0 Å². The minimum absolute atomic E-state index is 0. The molecule has 0 bridgehead atoms. The Morgan fingerprint density at radius 2 is 0.882 bits per heavy atom. The molecule has 0 aromatic heterocycles. The average Bonchev–Trinajstić information content (AvgIpc) is 2.12. The Kier molecular flexibility index (Phi) is 22.2. The number of hydrogen-bond acceptors (Lipinski definition) is 6. The van der Waals surface area contributed by atoms with Crippen molar-refractivity contribution in [2.75, 3.05) is 0 Å². The molecule has 0 aromatic carbocycles. The van der Waals surface area contributed by atoms with E-state index in [1.807, 2.05) is 0 Å². The van der Waals surface area contributed by atoms with Gasteiger partial charge in [0, 0.05) is 0 Å². The fourth-order valence-corrected chi connectivity index (χ4v) is 0.666. The monoisotopic (exact) mass is 336 g/mol. The van der Waals surface area contributed by atoms with E-state index in [1.54, 1.807) is 0 Å². The molecule has 0 aliphatic rings. The topological polar surface area (TPSA) is 156 Å². The zero-order chi connectivity index (χ0) is 11.5. The van der Waals surface area contributed by atoms with Crippen LogP contribution in [0.2, 0.25) is 0 Å². The molecule has 8 nitrogen and oxygen atoms in total. The predicted octanol–water partition coefficient (Wildman–Crippen LogP) is -3.87. The third-order valence-electron chi connectivity index (χ3n) is 1.50. The Bertz CT molecular complexity index is 232. The Balaban J connectivity index is -0.0000000235. The summed E-state index contributed by atoms with van der Waals surface area (Å²) < 4.78 is 0. The Labute approximate surface area is 195 Å². The van der Waals surface area contributed by atoms with E-state index in [1.165, 1.54) is 0 Å². The average molecular weight is 336 g/mol. The number of aliphatic hydroxyl groups is 4. The van der Waals surface area contributed by atoms with E-state index in [0.717, 1.165) is 0 Å². The summed E-state index contributed by atoms with van der Waals surface area (Å²) in [6.45, 7) is 0. The molecule has 0 aliphatic heterocycles. The maximum Gasteiger partial charge on any atom is 2.00 e. The van der Waals surface area contributed by atoms with Crippen LogP contribution in [0.15, 0.2) is 0 Å². The maximum atomic E-state index is 10.1. The van der Waals surface area contributed by atoms with Gasteiger partial charge in [-0.2, -0.15) is 0 Å². The molecule has 0 radical (unpaired) electrons. The van der Waals surface area contributed by atoms with Crippen LogP contribution in [0.25, 0.3) is 0 Å². The molecule has 6 N–H and O–H groups in total. The zero-order valence-electron chi connectivity index (χ0n) is 14.9. The van der Waals surface area contributed by atoms with Gasteiger partial charge in [0.15, 0.2) is 12.2 Å². The minimum atomic E-state index is -2.36. The van der Waals surface area contributed by atoms with E-state index < -0.39 is 36.4 Å². The van der Waals surface area contributed by atoms with Gasteiger partial charge in [0.25, 0.3) is 0 Å². The predicted molar refractivity (Wildman–Crippen MR) is 63.2 cm³/mol. The molecule has 11 heteroatoms. The maximum absolute atomic E-state index is 10.1. The van der Waals surface area contributed by atoms with Crippen molar-refractivity contribution in [1.82, 2.24) is 0 Å². The fraction of sp³-hybridized carbons (Fsp3) is 0.667. The molecule has 0 saturated heterocycles. The largest absolute Gasteiger partial charge is 2.00 e. The molecule has 0 aromatic rings. The van der Waals surface area contributed by atoms with Gasteiger partial charge in [-0.3, -0.25) is 0 Å². The zero-order valence-corrected chi connectivity index (χ0v) is 15.6. The van der Waals surface area contributed by atoms with Gasteiger partial charge in [-0.05, 0) is 0 Å². The van der Waals surface area contributed by atoms with E-state index in [2.05, 4.69) is 0 Å². The molecular weight excluding hydrogens is 320 g/mol. The van der Waals surface area contributed by atoms with Gasteiger partial charge in [-0.15, -0.1) is 0 Å². The van der Waals surface area contributed by atoms with Crippen LogP contribution in [-0.4, -0.2) is 180 Å². The summed E-state index contributed by atoms with van der Waals surface area (Å²) in [5.41, 5.74) is 0. The molecule has 0 heterocycles. The van der Waals surface area contributed by atoms with Gasteiger partial charge >= 0.3 is 125 Å². The molecule has 4 atom stereocenters. The summed E-state index contributed by atoms with van der Waals surface area (Å²) in [7, 11) is 0. The Morgan fingerprint density at radius 3 is 1.00 bits per heavy atom. The molecular formula is C6H16Ca3O8. The van der Waals surface area contributed by atoms with Crippen LogP contribution in [0.4, 0.5) is 0 Å². The number of hydrogen-bond donors (Lipinski definition) is 6. The van der Waals surface area contributed by atoms with Crippen LogP contribution in [0, 0.1) is 0 Å². The molecule has 0 rings (SSSR count).